The first kappa shape index (κ1) is 115. The quantitative estimate of drug-likeness (QED) is 0.0278. The number of rotatable bonds is 34. The van der Waals surface area contributed by atoms with Crippen molar-refractivity contribution in [1.29, 1.82) is 0 Å². The molecule has 0 aliphatic carbocycles. The molecule has 12 nitrogen and oxygen atoms in total. The van der Waals surface area contributed by atoms with Crippen LogP contribution in [0.3, 0.4) is 0 Å². The Bertz CT molecular complexity index is 5500. The Labute approximate surface area is 741 Å². The summed E-state index contributed by atoms with van der Waals surface area (Å²) < 4.78 is 699. The van der Waals surface area contributed by atoms with E-state index >= 15 is 26.3 Å². The van der Waals surface area contributed by atoms with E-state index < -0.39 is 218 Å². The molecular weight excluding hydrogens is 2180 g/mol. The number of halogens is 44. The van der Waals surface area contributed by atoms with Crippen molar-refractivity contribution < 1.29 is 238 Å². The molecule has 8 aromatic carbocycles. The average molecular weight is 2240 g/mol. The summed E-state index contributed by atoms with van der Waals surface area (Å²) in [6.45, 7) is 4.37. The summed E-state index contributed by atoms with van der Waals surface area (Å²) in [6, 6.07) is 37.5. The van der Waals surface area contributed by atoms with Crippen molar-refractivity contribution in [3.8, 4) is 17.2 Å². The van der Waals surface area contributed by atoms with Crippen LogP contribution in [0.1, 0.15) is 16.7 Å². The Hall–Kier alpha value is -8.69. The van der Waals surface area contributed by atoms with Crippen molar-refractivity contribution >= 4 is 71.2 Å². The van der Waals surface area contributed by atoms with E-state index in [1.807, 2.05) is 0 Å². The number of methoxy groups -OCH3 is 3. The van der Waals surface area contributed by atoms with Crippen LogP contribution in [0.25, 0.3) is 0 Å². The summed E-state index contributed by atoms with van der Waals surface area (Å²) in [4.78, 5) is -3.25. The molecule has 758 valence electrons. The van der Waals surface area contributed by atoms with Crippen LogP contribution in [0.15, 0.2) is 236 Å². The van der Waals surface area contributed by atoms with Gasteiger partial charge >= 0.3 is 286 Å². The Balaban J connectivity index is 0.000000324. The molecule has 0 bridgehead atoms. The van der Waals surface area contributed by atoms with Crippen molar-refractivity contribution in [2.75, 3.05) is 21.3 Å². The van der Waals surface area contributed by atoms with Gasteiger partial charge in [-0.15, -0.1) is 0 Å². The van der Waals surface area contributed by atoms with E-state index in [1.165, 1.54) is 118 Å². The number of alkyl halides is 43. The molecule has 0 amide bonds. The molecule has 0 atom stereocenters. The number of hydrogen-bond acceptors (Lipinski definition) is 12. The van der Waals surface area contributed by atoms with Gasteiger partial charge in [0.2, 0.25) is 0 Å². The van der Waals surface area contributed by atoms with Crippen molar-refractivity contribution in [2.24, 2.45) is 0 Å². The molecule has 0 unspecified atom stereocenters. The van der Waals surface area contributed by atoms with Gasteiger partial charge < -0.3 is 14.2 Å². The summed E-state index contributed by atoms with van der Waals surface area (Å²) >= 11 is -3.99. The monoisotopic (exact) mass is 2240 g/mol. The standard InChI is InChI=1S/C29H21F17O6S2.C29H21F17O3S2.C16H10F9IO3S/c1-49-16-4-10-19(11-5-16)53(20-12-6-17(50-2)7-13-20,21-14-8-18(51-3)9-15-21)52-54(47,48)29(45,46)27(40,41)25(36,37)23(32,33)22(30,31)24(34,35)26(38,39)28(42,43)44;1-16-4-10-19(11-5-16)50(20-12-6-17(2)7-13-20,21-14-8-18(3)9-15-21)49-51(47,48)29(45,46)27(40,41)25(36,37)23(32,33)22(30,31)24(34,35)26(38,39)28(42,43)44;17-13(18,15(21,22)23)14(19,20)16(24,25)30(27,28)29-26(11-7-3-1-4-8-11)12-9-5-2-6-10-12/h4-15H,1-3H3;4-15H,1-3H3;1-10H. The summed E-state index contributed by atoms with van der Waals surface area (Å²) in [5, 5.41) is -22.7. The summed E-state index contributed by atoms with van der Waals surface area (Å²) in [5.74, 6) is -120. The van der Waals surface area contributed by atoms with Gasteiger partial charge in [0.1, 0.15) is 17.2 Å². The van der Waals surface area contributed by atoms with E-state index in [0.29, 0.717) is 16.7 Å². The van der Waals surface area contributed by atoms with Crippen molar-refractivity contribution in [1.82, 2.24) is 0 Å². The van der Waals surface area contributed by atoms with E-state index in [1.54, 1.807) is 0 Å². The molecule has 0 spiro atoms. The predicted octanol–water partition coefficient (Wildman–Crippen LogP) is 27.3. The first-order valence-corrected chi connectivity index (χ1v) is 45.0. The van der Waals surface area contributed by atoms with Crippen LogP contribution in [-0.4, -0.2) is 164 Å². The zero-order chi connectivity index (χ0) is 104. The summed E-state index contributed by atoms with van der Waals surface area (Å²) in [5.41, 5.74) is 1.20. The molecule has 61 heteroatoms. The zero-order valence-corrected chi connectivity index (χ0v) is 72.4. The van der Waals surface area contributed by atoms with Gasteiger partial charge in [0.25, 0.3) is 0 Å². The van der Waals surface area contributed by atoms with E-state index in [0.717, 1.165) is 131 Å². The van der Waals surface area contributed by atoms with Gasteiger partial charge in [-0.1, -0.05) is 53.1 Å². The predicted molar refractivity (Wildman–Crippen MR) is 394 cm³/mol. The van der Waals surface area contributed by atoms with Crippen LogP contribution < -0.4 is 14.2 Å². The molecule has 0 aliphatic heterocycles. The second-order valence-corrected chi connectivity index (χ2v) is 42.6. The third-order valence-electron chi connectivity index (χ3n) is 18.1. The van der Waals surface area contributed by atoms with E-state index in [2.05, 4.69) is 9.77 Å². The van der Waals surface area contributed by atoms with E-state index in [-0.39, 0.29) is 24.4 Å². The van der Waals surface area contributed by atoms with E-state index in [9.17, 15) is 188 Å². The third-order valence-corrected chi connectivity index (χ3v) is 35.9. The first-order chi connectivity index (χ1) is 60.6. The van der Waals surface area contributed by atoms with Crippen LogP contribution in [0.2, 0.25) is 0 Å². The maximum atomic E-state index is 15.5. The number of aryl methyl sites for hydroxylation is 3. The van der Waals surface area contributed by atoms with Crippen LogP contribution >= 0.6 is 40.9 Å². The van der Waals surface area contributed by atoms with Crippen molar-refractivity contribution in [2.45, 2.75) is 167 Å². The molecule has 0 fully saturated rings. The topological polar surface area (TPSA) is 158 Å². The molecule has 0 saturated heterocycles. The van der Waals surface area contributed by atoms with E-state index in [4.69, 9.17) is 14.2 Å². The molecular formula is C74H52F43IO12S5. The fourth-order valence-electron chi connectivity index (χ4n) is 10.4. The van der Waals surface area contributed by atoms with Crippen LogP contribution in [0, 0.1) is 27.9 Å². The molecule has 0 aliphatic rings. The average Bonchev–Trinajstić information content (AvgIpc) is 0.685. The van der Waals surface area contributed by atoms with Crippen LogP contribution in [-0.2, 0) is 40.1 Å². The maximum absolute atomic E-state index is 15.5. The van der Waals surface area contributed by atoms with Crippen molar-refractivity contribution in [3.63, 3.8) is 0 Å². The third kappa shape index (κ3) is 19.3. The van der Waals surface area contributed by atoms with Gasteiger partial charge in [-0.25, -0.2) is 7.26 Å². The summed E-state index contributed by atoms with van der Waals surface area (Å²) in [6.07, 6.45) is -23.0. The fourth-order valence-corrected chi connectivity index (χ4v) is 27.8. The molecule has 135 heavy (non-hydrogen) atoms. The van der Waals surface area contributed by atoms with Gasteiger partial charge in [-0.05, 0) is 151 Å². The zero-order valence-electron chi connectivity index (χ0n) is 66.2. The minimum absolute atomic E-state index is 0.0156. The van der Waals surface area contributed by atoms with Gasteiger partial charge in [0.15, 0.2) is 0 Å². The molecule has 8 rings (SSSR count). The normalized spacial score (nSPS) is 14.9. The number of ether oxygens (including phenoxy) is 3. The van der Waals surface area contributed by atoms with Gasteiger partial charge in [-0.2, -0.15) is 166 Å². The molecule has 0 radical (unpaired) electrons. The Morgan fingerprint density at radius 2 is 0.370 bits per heavy atom. The van der Waals surface area contributed by atoms with Crippen LogP contribution in [0.5, 0.6) is 17.2 Å². The van der Waals surface area contributed by atoms with Crippen LogP contribution in [0.4, 0.5) is 189 Å². The molecule has 0 N–H and O–H groups in total. The Morgan fingerprint density at radius 3 is 0.563 bits per heavy atom. The molecule has 0 heterocycles. The fraction of sp³-hybridized carbons (Fsp3) is 0.351. The molecule has 0 saturated carbocycles. The number of benzene rings is 8. The minimum atomic E-state index is -9.01. The second-order valence-electron chi connectivity index (χ2n) is 27.1. The Morgan fingerprint density at radius 1 is 0.207 bits per heavy atom. The van der Waals surface area contributed by atoms with Crippen molar-refractivity contribution in [3.05, 3.63) is 230 Å². The first-order valence-electron chi connectivity index (χ1n) is 34.7. The Kier molecular flexibility index (Phi) is 32.2. The summed E-state index contributed by atoms with van der Waals surface area (Å²) in [7, 11) is -28.8. The second kappa shape index (κ2) is 37.8. The van der Waals surface area contributed by atoms with Gasteiger partial charge in [0.05, 0.1) is 21.3 Å². The SMILES string of the molecule is COc1ccc(S(OS(=O)(=O)C(F)(F)C(F)(F)C(F)(F)C(F)(F)C(F)(F)C(F)(F)C(F)(F)C(F)(F)F)(c2ccc(OC)cc2)c2ccc(OC)cc2)cc1.Cc1ccc(S(OS(=O)(=O)C(F)(F)C(F)(F)C(F)(F)C(F)(F)C(F)(F)C(F)(F)C(F)(F)C(F)(F)F)(c2ccc(C)cc2)c2ccc(C)cc2)cc1.O=S(=O)(OI(c1ccccc1)c1ccccc1)C(F)(F)C(F)(F)C(F)(F)C(F)(F)F. The van der Waals surface area contributed by atoms with Gasteiger partial charge in [-0.3, -0.25) is 0 Å². The molecule has 0 aromatic heterocycles. The molecule has 8 aromatic rings. The number of hydrogen-bond donors (Lipinski definition) is 0. The van der Waals surface area contributed by atoms with Gasteiger partial charge in [0, 0.05) is 29.4 Å².